The van der Waals surface area contributed by atoms with Gasteiger partial charge in [0, 0.05) is 12.4 Å². The molecule has 0 radical (unpaired) electrons. The second-order valence-corrected chi connectivity index (χ2v) is 4.11. The minimum Gasteiger partial charge on any atom is -0.236 e. The normalized spacial score (nSPS) is 11.8. The van der Waals surface area contributed by atoms with E-state index in [9.17, 15) is 13.2 Å². The first-order valence-corrected chi connectivity index (χ1v) is 5.30. The highest BCUT2D eigenvalue weighted by Crippen LogP contribution is 2.28. The zero-order valence-electron chi connectivity index (χ0n) is 7.74. The smallest absolute Gasteiger partial charge is 0.236 e. The van der Waals surface area contributed by atoms with Crippen molar-refractivity contribution in [3.63, 3.8) is 0 Å². The van der Waals surface area contributed by atoms with Crippen molar-refractivity contribution in [2.75, 3.05) is 0 Å². The molecule has 0 atom stereocenters. The molecule has 0 N–H and O–H groups in total. The van der Waals surface area contributed by atoms with Gasteiger partial charge in [0.15, 0.2) is 11.5 Å². The molecule has 0 spiro atoms. The van der Waals surface area contributed by atoms with Gasteiger partial charge in [-0.15, -0.1) is 0 Å². The number of aromatic nitrogens is 3. The summed E-state index contributed by atoms with van der Waals surface area (Å²) in [5.74, 6) is 0.388. The van der Waals surface area contributed by atoms with Crippen LogP contribution in [0.15, 0.2) is 30.6 Å². The minimum absolute atomic E-state index is 0.388. The van der Waals surface area contributed by atoms with Gasteiger partial charge in [0.25, 0.3) is 0 Å². The number of halogens is 4. The molecule has 3 nitrogen and oxygen atoms in total. The third kappa shape index (κ3) is 2.18. The van der Waals surface area contributed by atoms with Gasteiger partial charge in [-0.25, -0.2) is 9.67 Å². The lowest BCUT2D eigenvalue weighted by atomic mass is 10.4. The van der Waals surface area contributed by atoms with Crippen LogP contribution in [0.5, 0.6) is 0 Å². The average Bonchev–Trinajstić information content (AvgIpc) is 2.66. The van der Waals surface area contributed by atoms with Gasteiger partial charge in [0.1, 0.15) is 0 Å². The van der Waals surface area contributed by atoms with Gasteiger partial charge >= 0.3 is 6.18 Å². The van der Waals surface area contributed by atoms with E-state index in [4.69, 9.17) is 0 Å². The van der Waals surface area contributed by atoms with Crippen LogP contribution in [-0.2, 0) is 6.18 Å². The molecule has 0 bridgehead atoms. The van der Waals surface area contributed by atoms with Crippen molar-refractivity contribution in [3.05, 3.63) is 39.9 Å². The lowest BCUT2D eigenvalue weighted by molar-refractivity contribution is -0.141. The highest BCUT2D eigenvalue weighted by Gasteiger charge is 2.33. The molecule has 2 heterocycles. The fraction of sp³-hybridized carbons (Fsp3) is 0.111. The van der Waals surface area contributed by atoms with E-state index < -0.39 is 11.9 Å². The molecule has 0 aliphatic heterocycles. The predicted molar refractivity (Wildman–Crippen MR) is 59.1 cm³/mol. The number of hydrogen-bond acceptors (Lipinski definition) is 2. The Morgan fingerprint density at radius 1 is 1.25 bits per heavy atom. The maximum atomic E-state index is 12.3. The lowest BCUT2D eigenvalue weighted by Gasteiger charge is -2.03. The Labute approximate surface area is 102 Å². The van der Waals surface area contributed by atoms with Crippen LogP contribution in [0.25, 0.3) is 5.82 Å². The SMILES string of the molecule is FC(F)(F)c1ccn(-c2ncccc2I)n1. The van der Waals surface area contributed by atoms with Crippen LogP contribution >= 0.6 is 22.6 Å². The maximum Gasteiger partial charge on any atom is 0.435 e. The van der Waals surface area contributed by atoms with Gasteiger partial charge in [-0.2, -0.15) is 18.3 Å². The topological polar surface area (TPSA) is 30.7 Å². The van der Waals surface area contributed by atoms with Crippen molar-refractivity contribution in [1.29, 1.82) is 0 Å². The lowest BCUT2D eigenvalue weighted by Crippen LogP contribution is -2.08. The average molecular weight is 339 g/mol. The summed E-state index contributed by atoms with van der Waals surface area (Å²) in [6.45, 7) is 0. The van der Waals surface area contributed by atoms with Crippen LogP contribution in [0.3, 0.4) is 0 Å². The summed E-state index contributed by atoms with van der Waals surface area (Å²) in [7, 11) is 0. The fourth-order valence-electron chi connectivity index (χ4n) is 1.14. The van der Waals surface area contributed by atoms with Crippen LogP contribution in [0.1, 0.15) is 5.69 Å². The molecule has 84 valence electrons. The van der Waals surface area contributed by atoms with Crippen molar-refractivity contribution in [1.82, 2.24) is 14.8 Å². The molecule has 16 heavy (non-hydrogen) atoms. The molecule has 0 saturated carbocycles. The molecule has 0 fully saturated rings. The van der Waals surface area contributed by atoms with Gasteiger partial charge < -0.3 is 0 Å². The second-order valence-electron chi connectivity index (χ2n) is 2.95. The van der Waals surface area contributed by atoms with E-state index in [-0.39, 0.29) is 0 Å². The van der Waals surface area contributed by atoms with Crippen LogP contribution in [0.4, 0.5) is 13.2 Å². The van der Waals surface area contributed by atoms with E-state index in [0.717, 1.165) is 14.3 Å². The summed E-state index contributed by atoms with van der Waals surface area (Å²) in [5.41, 5.74) is -0.922. The molecule has 0 aliphatic rings. The number of pyridine rings is 1. The highest BCUT2D eigenvalue weighted by atomic mass is 127. The Hall–Kier alpha value is -1.12. The number of hydrogen-bond donors (Lipinski definition) is 0. The molecule has 0 amide bonds. The van der Waals surface area contributed by atoms with E-state index in [1.54, 1.807) is 12.1 Å². The van der Waals surface area contributed by atoms with Crippen molar-refractivity contribution >= 4 is 22.6 Å². The number of alkyl halides is 3. The summed E-state index contributed by atoms with van der Waals surface area (Å²) in [5, 5.41) is 3.44. The Kier molecular flexibility index (Phi) is 2.87. The van der Waals surface area contributed by atoms with E-state index >= 15 is 0 Å². The molecular weight excluding hydrogens is 334 g/mol. The van der Waals surface area contributed by atoms with Crippen LogP contribution in [0.2, 0.25) is 0 Å². The van der Waals surface area contributed by atoms with Gasteiger partial charge in [-0.1, -0.05) is 0 Å². The van der Waals surface area contributed by atoms with E-state index in [0.29, 0.717) is 5.82 Å². The first kappa shape index (κ1) is 11.4. The van der Waals surface area contributed by atoms with E-state index in [1.165, 1.54) is 12.4 Å². The van der Waals surface area contributed by atoms with Crippen LogP contribution in [-0.4, -0.2) is 14.8 Å². The highest BCUT2D eigenvalue weighted by molar-refractivity contribution is 14.1. The quantitative estimate of drug-likeness (QED) is 0.748. The van der Waals surface area contributed by atoms with Gasteiger partial charge in [0.05, 0.1) is 3.57 Å². The predicted octanol–water partition coefficient (Wildman–Crippen LogP) is 2.89. The minimum atomic E-state index is -4.43. The second kappa shape index (κ2) is 4.04. The van der Waals surface area contributed by atoms with E-state index in [2.05, 4.69) is 10.1 Å². The first-order chi connectivity index (χ1) is 7.48. The van der Waals surface area contributed by atoms with Crippen molar-refractivity contribution in [3.8, 4) is 5.82 Å². The Bertz CT molecular complexity index is 507. The molecule has 0 aromatic carbocycles. The van der Waals surface area contributed by atoms with E-state index in [1.807, 2.05) is 22.6 Å². The van der Waals surface area contributed by atoms with Crippen molar-refractivity contribution < 1.29 is 13.2 Å². The standard InChI is InChI=1S/C9H5F3IN3/c10-9(11,12)7-3-5-16(15-7)8-6(13)2-1-4-14-8/h1-5H. The molecule has 2 rings (SSSR count). The summed E-state index contributed by atoms with van der Waals surface area (Å²) in [4.78, 5) is 3.97. The first-order valence-electron chi connectivity index (χ1n) is 4.22. The Balaban J connectivity index is 2.44. The van der Waals surface area contributed by atoms with Crippen molar-refractivity contribution in [2.24, 2.45) is 0 Å². The zero-order valence-corrected chi connectivity index (χ0v) is 9.90. The monoisotopic (exact) mass is 339 g/mol. The molecular formula is C9H5F3IN3. The third-order valence-corrected chi connectivity index (χ3v) is 2.68. The molecule has 0 aliphatic carbocycles. The van der Waals surface area contributed by atoms with Crippen molar-refractivity contribution in [2.45, 2.75) is 6.18 Å². The van der Waals surface area contributed by atoms with Gasteiger partial charge in [-0.05, 0) is 40.8 Å². The summed E-state index contributed by atoms with van der Waals surface area (Å²) in [6, 6.07) is 4.38. The van der Waals surface area contributed by atoms with Gasteiger partial charge in [-0.3, -0.25) is 0 Å². The number of rotatable bonds is 1. The molecule has 0 unspecified atom stereocenters. The molecule has 2 aromatic rings. The zero-order chi connectivity index (χ0) is 11.8. The van der Waals surface area contributed by atoms with Crippen LogP contribution in [0, 0.1) is 3.57 Å². The number of nitrogens with zero attached hydrogens (tertiary/aromatic N) is 3. The summed E-state index contributed by atoms with van der Waals surface area (Å²) >= 11 is 1.99. The largest absolute Gasteiger partial charge is 0.435 e. The molecule has 0 saturated heterocycles. The van der Waals surface area contributed by atoms with Crippen LogP contribution < -0.4 is 0 Å². The maximum absolute atomic E-state index is 12.3. The molecule has 7 heteroatoms. The Morgan fingerprint density at radius 3 is 2.56 bits per heavy atom. The van der Waals surface area contributed by atoms with Gasteiger partial charge in [0.2, 0.25) is 0 Å². The molecule has 2 aromatic heterocycles. The Morgan fingerprint density at radius 2 is 2.00 bits per heavy atom. The summed E-state index contributed by atoms with van der Waals surface area (Å²) in [6.07, 6.45) is -1.68. The third-order valence-electron chi connectivity index (χ3n) is 1.84. The fourth-order valence-corrected chi connectivity index (χ4v) is 1.73. The summed E-state index contributed by atoms with van der Waals surface area (Å²) < 4.78 is 38.8.